The number of anilines is 1. The fraction of sp³-hybridized carbons (Fsp3) is 0.250. The van der Waals surface area contributed by atoms with Crippen molar-refractivity contribution in [1.29, 1.82) is 0 Å². The Morgan fingerprint density at radius 3 is 2.77 bits per heavy atom. The number of para-hydroxylation sites is 1. The van der Waals surface area contributed by atoms with Crippen molar-refractivity contribution >= 4 is 21.6 Å². The van der Waals surface area contributed by atoms with Crippen molar-refractivity contribution in [3.63, 3.8) is 0 Å². The van der Waals surface area contributed by atoms with Gasteiger partial charge in [-0.1, -0.05) is 6.07 Å². The van der Waals surface area contributed by atoms with Crippen LogP contribution < -0.4 is 10.5 Å². The Hall–Kier alpha value is -0.840. The van der Waals surface area contributed by atoms with Gasteiger partial charge in [-0.2, -0.15) is 0 Å². The Morgan fingerprint density at radius 2 is 2.15 bits per heavy atom. The highest BCUT2D eigenvalue weighted by atomic mass is 79.9. The van der Waals surface area contributed by atoms with Crippen LogP contribution in [0, 0.1) is 0 Å². The van der Waals surface area contributed by atoms with Crippen LogP contribution in [0.2, 0.25) is 0 Å². The molecule has 1 rings (SSSR count). The smallest absolute Gasteiger partial charge is 0.272 e. The van der Waals surface area contributed by atoms with E-state index in [0.717, 1.165) is 0 Å². The van der Waals surface area contributed by atoms with Crippen molar-refractivity contribution in [3.05, 3.63) is 22.7 Å². The van der Waals surface area contributed by atoms with E-state index in [4.69, 9.17) is 10.5 Å². The average molecular weight is 252 g/mol. The molecule has 72 valence electrons. The lowest BCUT2D eigenvalue weighted by molar-refractivity contribution is 0.0822. The number of halogens is 3. The molecule has 0 radical (unpaired) electrons. The first-order valence-corrected chi connectivity index (χ1v) is 4.35. The number of benzene rings is 1. The van der Waals surface area contributed by atoms with Crippen LogP contribution in [0.4, 0.5) is 14.5 Å². The molecule has 0 atom stereocenters. The highest BCUT2D eigenvalue weighted by Crippen LogP contribution is 2.29. The molecule has 0 saturated heterocycles. The van der Waals surface area contributed by atoms with E-state index in [1.807, 2.05) is 0 Å². The highest BCUT2D eigenvalue weighted by molar-refractivity contribution is 9.10. The van der Waals surface area contributed by atoms with Gasteiger partial charge in [-0.05, 0) is 28.1 Å². The molecule has 1 aromatic carbocycles. The van der Waals surface area contributed by atoms with Gasteiger partial charge in [-0.25, -0.2) is 8.78 Å². The molecule has 0 aliphatic heterocycles. The molecule has 0 fully saturated rings. The summed E-state index contributed by atoms with van der Waals surface area (Å²) in [4.78, 5) is 0. The zero-order chi connectivity index (χ0) is 9.84. The summed E-state index contributed by atoms with van der Waals surface area (Å²) in [5.74, 6) is 0.273. The zero-order valence-corrected chi connectivity index (χ0v) is 8.22. The summed E-state index contributed by atoms with van der Waals surface area (Å²) in [6.45, 7) is -0.638. The minimum atomic E-state index is -2.49. The number of nitrogens with two attached hydrogens (primary N) is 1. The van der Waals surface area contributed by atoms with Crippen LogP contribution in [-0.2, 0) is 0 Å². The molecular formula is C8H8BrF2NO. The molecule has 2 nitrogen and oxygen atoms in total. The minimum absolute atomic E-state index is 0.273. The van der Waals surface area contributed by atoms with Gasteiger partial charge in [-0.15, -0.1) is 0 Å². The summed E-state index contributed by atoms with van der Waals surface area (Å²) in [5.41, 5.74) is 5.89. The van der Waals surface area contributed by atoms with Crippen LogP contribution in [0.1, 0.15) is 0 Å². The SMILES string of the molecule is Nc1c(Br)cccc1OCC(F)F. The fourth-order valence-electron chi connectivity index (χ4n) is 0.796. The fourth-order valence-corrected chi connectivity index (χ4v) is 1.14. The third-order valence-electron chi connectivity index (χ3n) is 1.38. The number of hydrogen-bond acceptors (Lipinski definition) is 2. The quantitative estimate of drug-likeness (QED) is 0.839. The summed E-state index contributed by atoms with van der Waals surface area (Å²) in [6.07, 6.45) is -2.49. The summed E-state index contributed by atoms with van der Waals surface area (Å²) < 4.78 is 29.0. The lowest BCUT2D eigenvalue weighted by Crippen LogP contribution is -2.08. The highest BCUT2D eigenvalue weighted by Gasteiger charge is 2.07. The molecular weight excluding hydrogens is 244 g/mol. The molecule has 2 N–H and O–H groups in total. The van der Waals surface area contributed by atoms with Crippen LogP contribution in [0.5, 0.6) is 5.75 Å². The number of nitrogen functional groups attached to an aromatic ring is 1. The number of rotatable bonds is 3. The molecule has 5 heteroatoms. The normalized spacial score (nSPS) is 10.5. The molecule has 0 aliphatic carbocycles. The Morgan fingerprint density at radius 1 is 1.46 bits per heavy atom. The van der Waals surface area contributed by atoms with Crippen LogP contribution >= 0.6 is 15.9 Å². The monoisotopic (exact) mass is 251 g/mol. The van der Waals surface area contributed by atoms with Gasteiger partial charge in [0.1, 0.15) is 12.4 Å². The van der Waals surface area contributed by atoms with E-state index in [-0.39, 0.29) is 5.75 Å². The molecule has 0 saturated carbocycles. The van der Waals surface area contributed by atoms with Gasteiger partial charge < -0.3 is 10.5 Å². The zero-order valence-electron chi connectivity index (χ0n) is 6.64. The Bertz CT molecular complexity index is 293. The van der Waals surface area contributed by atoms with Gasteiger partial charge in [0.25, 0.3) is 6.43 Å². The van der Waals surface area contributed by atoms with Gasteiger partial charge in [0.2, 0.25) is 0 Å². The maximum Gasteiger partial charge on any atom is 0.272 e. The lowest BCUT2D eigenvalue weighted by atomic mass is 10.3. The molecule has 0 aliphatic rings. The third-order valence-corrected chi connectivity index (χ3v) is 2.07. The van der Waals surface area contributed by atoms with Gasteiger partial charge >= 0.3 is 0 Å². The molecule has 0 heterocycles. The third kappa shape index (κ3) is 2.84. The van der Waals surface area contributed by atoms with Crippen molar-refractivity contribution in [2.24, 2.45) is 0 Å². The van der Waals surface area contributed by atoms with Crippen LogP contribution in [0.25, 0.3) is 0 Å². The van der Waals surface area contributed by atoms with E-state index >= 15 is 0 Å². The van der Waals surface area contributed by atoms with Crippen molar-refractivity contribution < 1.29 is 13.5 Å². The molecule has 0 spiro atoms. The second-order valence-electron chi connectivity index (χ2n) is 2.35. The molecule has 13 heavy (non-hydrogen) atoms. The number of alkyl halides is 2. The first-order valence-electron chi connectivity index (χ1n) is 3.56. The lowest BCUT2D eigenvalue weighted by Gasteiger charge is -2.08. The summed E-state index contributed by atoms with van der Waals surface area (Å²) >= 11 is 3.16. The largest absolute Gasteiger partial charge is 0.485 e. The predicted octanol–water partition coefficient (Wildman–Crippen LogP) is 2.68. The summed E-state index contributed by atoms with van der Waals surface area (Å²) in [7, 11) is 0. The van der Waals surface area contributed by atoms with Gasteiger partial charge in [0.05, 0.1) is 5.69 Å². The maximum atomic E-state index is 11.8. The molecule has 0 unspecified atom stereocenters. The van der Waals surface area contributed by atoms with Crippen LogP contribution in [0.3, 0.4) is 0 Å². The standard InChI is InChI=1S/C8H8BrF2NO/c9-5-2-1-3-6(8(5)12)13-4-7(10)11/h1-3,7H,4,12H2. The van der Waals surface area contributed by atoms with Gasteiger partial charge in [-0.3, -0.25) is 0 Å². The van der Waals surface area contributed by atoms with E-state index in [1.165, 1.54) is 0 Å². The van der Waals surface area contributed by atoms with Crippen LogP contribution in [-0.4, -0.2) is 13.0 Å². The molecule has 0 aromatic heterocycles. The van der Waals surface area contributed by atoms with Gasteiger partial charge in [0, 0.05) is 4.47 Å². The molecule has 0 amide bonds. The summed E-state index contributed by atoms with van der Waals surface area (Å²) in [5, 5.41) is 0. The predicted molar refractivity (Wildman–Crippen MR) is 50.1 cm³/mol. The van der Waals surface area contributed by atoms with E-state index in [0.29, 0.717) is 10.2 Å². The second kappa shape index (κ2) is 4.41. The number of hydrogen-bond donors (Lipinski definition) is 1. The summed E-state index contributed by atoms with van der Waals surface area (Å²) in [6, 6.07) is 4.92. The Labute approximate surface area is 82.8 Å². The van der Waals surface area contributed by atoms with Gasteiger partial charge in [0.15, 0.2) is 0 Å². The molecule has 0 bridgehead atoms. The van der Waals surface area contributed by atoms with Crippen LogP contribution in [0.15, 0.2) is 22.7 Å². The maximum absolute atomic E-state index is 11.8. The topological polar surface area (TPSA) is 35.2 Å². The first kappa shape index (κ1) is 10.2. The van der Waals surface area contributed by atoms with E-state index in [1.54, 1.807) is 18.2 Å². The van der Waals surface area contributed by atoms with E-state index in [2.05, 4.69) is 15.9 Å². The first-order chi connectivity index (χ1) is 6.11. The van der Waals surface area contributed by atoms with Crippen molar-refractivity contribution in [3.8, 4) is 5.75 Å². The minimum Gasteiger partial charge on any atom is -0.485 e. The van der Waals surface area contributed by atoms with Crippen molar-refractivity contribution in [2.75, 3.05) is 12.3 Å². The molecule has 1 aromatic rings. The van der Waals surface area contributed by atoms with E-state index in [9.17, 15) is 8.78 Å². The van der Waals surface area contributed by atoms with Crippen molar-refractivity contribution in [2.45, 2.75) is 6.43 Å². The Kier molecular flexibility index (Phi) is 3.48. The van der Waals surface area contributed by atoms with E-state index < -0.39 is 13.0 Å². The van der Waals surface area contributed by atoms with Crippen molar-refractivity contribution in [1.82, 2.24) is 0 Å². The second-order valence-corrected chi connectivity index (χ2v) is 3.21. The Balaban J connectivity index is 2.71. The average Bonchev–Trinajstić information content (AvgIpc) is 2.07. The number of ether oxygens (including phenoxy) is 1.